The molecule has 4 nitrogen and oxygen atoms in total. The molecule has 0 saturated carbocycles. The van der Waals surface area contributed by atoms with E-state index in [1.54, 1.807) is 12.1 Å². The van der Waals surface area contributed by atoms with Crippen molar-refractivity contribution in [3.63, 3.8) is 0 Å². The highest BCUT2D eigenvalue weighted by Crippen LogP contribution is 2.18. The summed E-state index contributed by atoms with van der Waals surface area (Å²) in [5.74, 6) is -0.458. The van der Waals surface area contributed by atoms with Crippen molar-refractivity contribution in [2.75, 3.05) is 7.11 Å². The highest BCUT2D eigenvalue weighted by molar-refractivity contribution is 5.70. The van der Waals surface area contributed by atoms with E-state index in [0.29, 0.717) is 16.9 Å². The van der Waals surface area contributed by atoms with Gasteiger partial charge < -0.3 is 9.84 Å². The summed E-state index contributed by atoms with van der Waals surface area (Å²) in [5, 5.41) is 17.3. The lowest BCUT2D eigenvalue weighted by Gasteiger charge is -2.03. The molecule has 1 aromatic carbocycles. The van der Waals surface area contributed by atoms with E-state index >= 15 is 0 Å². The first-order chi connectivity index (χ1) is 6.67. The van der Waals surface area contributed by atoms with Crippen molar-refractivity contribution in [3.05, 3.63) is 29.3 Å². The van der Waals surface area contributed by atoms with E-state index in [2.05, 4.69) is 0 Å². The molecule has 0 aliphatic heterocycles. The summed E-state index contributed by atoms with van der Waals surface area (Å²) in [6.45, 7) is 0. The molecule has 1 N–H and O–H groups in total. The van der Waals surface area contributed by atoms with Crippen molar-refractivity contribution in [1.82, 2.24) is 0 Å². The molecule has 0 heterocycles. The number of carboxylic acids is 1. The second-order valence-corrected chi connectivity index (χ2v) is 2.72. The second kappa shape index (κ2) is 4.28. The maximum Gasteiger partial charge on any atom is 0.307 e. The molecule has 0 bridgehead atoms. The van der Waals surface area contributed by atoms with Crippen LogP contribution in [0.25, 0.3) is 0 Å². The normalized spacial score (nSPS) is 9.14. The van der Waals surface area contributed by atoms with Crippen molar-refractivity contribution in [3.8, 4) is 11.8 Å². The first kappa shape index (κ1) is 10.1. The van der Waals surface area contributed by atoms with Crippen LogP contribution in [-0.4, -0.2) is 18.2 Å². The number of carboxylic acid groups (broad SMARTS) is 1. The van der Waals surface area contributed by atoms with E-state index < -0.39 is 5.97 Å². The Kier molecular flexibility index (Phi) is 3.08. The van der Waals surface area contributed by atoms with Crippen LogP contribution in [0.4, 0.5) is 0 Å². The summed E-state index contributed by atoms with van der Waals surface area (Å²) < 4.78 is 4.93. The fraction of sp³-hybridized carbons (Fsp3) is 0.200. The number of rotatable bonds is 3. The van der Waals surface area contributed by atoms with Crippen molar-refractivity contribution in [1.29, 1.82) is 5.26 Å². The van der Waals surface area contributed by atoms with Gasteiger partial charge in [0.15, 0.2) is 0 Å². The zero-order chi connectivity index (χ0) is 10.6. The Labute approximate surface area is 81.4 Å². The van der Waals surface area contributed by atoms with Crippen molar-refractivity contribution in [2.24, 2.45) is 0 Å². The van der Waals surface area contributed by atoms with E-state index in [0.717, 1.165) is 0 Å². The van der Waals surface area contributed by atoms with Gasteiger partial charge in [-0.2, -0.15) is 5.26 Å². The van der Waals surface area contributed by atoms with Gasteiger partial charge in [0.25, 0.3) is 0 Å². The molecule has 72 valence electrons. The minimum atomic E-state index is -0.918. The summed E-state index contributed by atoms with van der Waals surface area (Å²) >= 11 is 0. The summed E-state index contributed by atoms with van der Waals surface area (Å²) in [6, 6.07) is 6.69. The highest BCUT2D eigenvalue weighted by Gasteiger charge is 2.05. The lowest BCUT2D eigenvalue weighted by molar-refractivity contribution is -0.136. The third-order valence-electron chi connectivity index (χ3n) is 1.74. The van der Waals surface area contributed by atoms with E-state index in [-0.39, 0.29) is 6.42 Å². The Bertz CT molecular complexity index is 393. The van der Waals surface area contributed by atoms with Gasteiger partial charge in [0.1, 0.15) is 11.8 Å². The highest BCUT2D eigenvalue weighted by atomic mass is 16.5. The van der Waals surface area contributed by atoms with Gasteiger partial charge in [-0.15, -0.1) is 0 Å². The summed E-state index contributed by atoms with van der Waals surface area (Å²) in [4.78, 5) is 10.4. The molecule has 1 aromatic rings. The molecule has 14 heavy (non-hydrogen) atoms. The molecule has 0 radical (unpaired) electrons. The number of methoxy groups -OCH3 is 1. The van der Waals surface area contributed by atoms with Gasteiger partial charge >= 0.3 is 5.97 Å². The van der Waals surface area contributed by atoms with Crippen molar-refractivity contribution >= 4 is 5.97 Å². The number of hydrogen-bond donors (Lipinski definition) is 1. The molecule has 0 aromatic heterocycles. The third kappa shape index (κ3) is 2.23. The fourth-order valence-electron chi connectivity index (χ4n) is 1.13. The smallest absolute Gasteiger partial charge is 0.307 e. The summed E-state index contributed by atoms with van der Waals surface area (Å²) in [6.07, 6.45) is -0.0846. The Balaban J connectivity index is 3.03. The van der Waals surface area contributed by atoms with E-state index in [1.807, 2.05) is 6.07 Å². The van der Waals surface area contributed by atoms with Crippen LogP contribution in [0.15, 0.2) is 18.2 Å². The zero-order valence-electron chi connectivity index (χ0n) is 7.65. The Hall–Kier alpha value is -2.02. The second-order valence-electron chi connectivity index (χ2n) is 2.72. The number of nitrogens with zero attached hydrogens (tertiary/aromatic N) is 1. The molecule has 0 saturated heterocycles. The lowest BCUT2D eigenvalue weighted by Crippen LogP contribution is -2.00. The Morgan fingerprint density at radius 1 is 1.64 bits per heavy atom. The van der Waals surface area contributed by atoms with Crippen molar-refractivity contribution < 1.29 is 14.6 Å². The van der Waals surface area contributed by atoms with Gasteiger partial charge in [-0.3, -0.25) is 4.79 Å². The number of aliphatic carboxylic acids is 1. The van der Waals surface area contributed by atoms with E-state index in [9.17, 15) is 4.79 Å². The molecule has 0 fully saturated rings. The number of hydrogen-bond acceptors (Lipinski definition) is 3. The predicted octanol–water partition coefficient (Wildman–Crippen LogP) is 1.19. The quantitative estimate of drug-likeness (QED) is 0.779. The van der Waals surface area contributed by atoms with Gasteiger partial charge in [0, 0.05) is 0 Å². The summed E-state index contributed by atoms with van der Waals surface area (Å²) in [5.41, 5.74) is 0.945. The topological polar surface area (TPSA) is 70.3 Å². The first-order valence-corrected chi connectivity index (χ1v) is 3.96. The molecular formula is C10H9NO3. The maximum atomic E-state index is 10.4. The monoisotopic (exact) mass is 191 g/mol. The molecular weight excluding hydrogens is 182 g/mol. The van der Waals surface area contributed by atoms with E-state index in [4.69, 9.17) is 15.1 Å². The number of benzene rings is 1. The van der Waals surface area contributed by atoms with Crippen LogP contribution in [0, 0.1) is 11.3 Å². The standard InChI is InChI=1S/C10H9NO3/c1-14-9-3-2-7(5-10(12)13)4-8(9)6-11/h2-4H,5H2,1H3,(H,12,13). The van der Waals surface area contributed by atoms with Crippen LogP contribution in [0.2, 0.25) is 0 Å². The van der Waals surface area contributed by atoms with Crippen LogP contribution in [-0.2, 0) is 11.2 Å². The lowest BCUT2D eigenvalue weighted by atomic mass is 10.1. The van der Waals surface area contributed by atoms with Gasteiger partial charge in [-0.05, 0) is 17.7 Å². The van der Waals surface area contributed by atoms with Crippen LogP contribution in [0.1, 0.15) is 11.1 Å². The van der Waals surface area contributed by atoms with Crippen molar-refractivity contribution in [2.45, 2.75) is 6.42 Å². The SMILES string of the molecule is COc1ccc(CC(=O)O)cc1C#N. The molecule has 1 rings (SSSR count). The Morgan fingerprint density at radius 3 is 2.86 bits per heavy atom. The van der Waals surface area contributed by atoms with E-state index in [1.165, 1.54) is 13.2 Å². The molecule has 0 amide bonds. The minimum Gasteiger partial charge on any atom is -0.495 e. The molecule has 0 aliphatic carbocycles. The van der Waals surface area contributed by atoms with Crippen LogP contribution < -0.4 is 4.74 Å². The summed E-state index contributed by atoms with van der Waals surface area (Å²) in [7, 11) is 1.47. The van der Waals surface area contributed by atoms with Gasteiger partial charge in [-0.1, -0.05) is 6.07 Å². The fourth-order valence-corrected chi connectivity index (χ4v) is 1.13. The number of nitriles is 1. The molecule has 0 spiro atoms. The number of carbonyl (C=O) groups is 1. The van der Waals surface area contributed by atoms with Gasteiger partial charge in [0.2, 0.25) is 0 Å². The third-order valence-corrected chi connectivity index (χ3v) is 1.74. The average molecular weight is 191 g/mol. The van der Waals surface area contributed by atoms with Crippen LogP contribution >= 0.6 is 0 Å². The van der Waals surface area contributed by atoms with Crippen LogP contribution in [0.3, 0.4) is 0 Å². The maximum absolute atomic E-state index is 10.4. The van der Waals surface area contributed by atoms with Gasteiger partial charge in [0.05, 0.1) is 19.1 Å². The van der Waals surface area contributed by atoms with Gasteiger partial charge in [-0.25, -0.2) is 0 Å². The number of ether oxygens (including phenoxy) is 1. The Morgan fingerprint density at radius 2 is 2.36 bits per heavy atom. The largest absolute Gasteiger partial charge is 0.495 e. The average Bonchev–Trinajstić information content (AvgIpc) is 2.16. The van der Waals surface area contributed by atoms with Crippen LogP contribution in [0.5, 0.6) is 5.75 Å². The molecule has 0 aliphatic rings. The first-order valence-electron chi connectivity index (χ1n) is 3.96. The molecule has 4 heteroatoms. The minimum absolute atomic E-state index is 0.0846. The zero-order valence-corrected chi connectivity index (χ0v) is 7.65. The molecule has 0 unspecified atom stereocenters. The molecule has 0 atom stereocenters. The predicted molar refractivity (Wildman–Crippen MR) is 49.0 cm³/mol.